The van der Waals surface area contributed by atoms with Crippen LogP contribution in [0.1, 0.15) is 22.8 Å². The van der Waals surface area contributed by atoms with Crippen LogP contribution in [0.3, 0.4) is 0 Å². The van der Waals surface area contributed by atoms with E-state index >= 15 is 0 Å². The van der Waals surface area contributed by atoms with Gasteiger partial charge in [0, 0.05) is 23.5 Å². The summed E-state index contributed by atoms with van der Waals surface area (Å²) < 4.78 is 0.814. The van der Waals surface area contributed by atoms with Crippen molar-refractivity contribution in [3.8, 4) is 0 Å². The Morgan fingerprint density at radius 1 is 1.15 bits per heavy atom. The number of hydrogen-bond donors (Lipinski definition) is 4. The summed E-state index contributed by atoms with van der Waals surface area (Å²) in [5, 5.41) is 8.68. The molecule has 5 N–H and O–H groups in total. The van der Waals surface area contributed by atoms with Crippen LogP contribution in [-0.4, -0.2) is 23.5 Å². The zero-order valence-electron chi connectivity index (χ0n) is 14.4. The number of amides is 3. The number of hydrogen-bond acceptors (Lipinski definition) is 5. The van der Waals surface area contributed by atoms with E-state index < -0.39 is 0 Å². The maximum atomic E-state index is 12.5. The predicted octanol–water partition coefficient (Wildman–Crippen LogP) is 3.58. The van der Waals surface area contributed by atoms with Crippen molar-refractivity contribution in [1.29, 1.82) is 0 Å². The number of carbonyl (C=O) groups is 2. The van der Waals surface area contributed by atoms with Crippen molar-refractivity contribution in [2.75, 3.05) is 22.9 Å². The van der Waals surface area contributed by atoms with Gasteiger partial charge in [-0.25, -0.2) is 9.78 Å². The molecule has 1 heterocycles. The van der Waals surface area contributed by atoms with E-state index in [0.29, 0.717) is 28.6 Å². The van der Waals surface area contributed by atoms with Crippen LogP contribution in [0.2, 0.25) is 0 Å². The highest BCUT2D eigenvalue weighted by atomic mass is 32.1. The number of nitrogens with one attached hydrogen (secondary N) is 3. The van der Waals surface area contributed by atoms with Crippen molar-refractivity contribution in [3.05, 3.63) is 47.5 Å². The molecule has 26 heavy (non-hydrogen) atoms. The topological polar surface area (TPSA) is 109 Å². The summed E-state index contributed by atoms with van der Waals surface area (Å²) in [4.78, 5) is 28.5. The summed E-state index contributed by atoms with van der Waals surface area (Å²) >= 11 is 1.31. The molecule has 0 unspecified atom stereocenters. The van der Waals surface area contributed by atoms with Crippen LogP contribution in [0.15, 0.2) is 36.4 Å². The van der Waals surface area contributed by atoms with Gasteiger partial charge in [-0.1, -0.05) is 17.4 Å². The Hall–Kier alpha value is -3.13. The maximum absolute atomic E-state index is 12.5. The van der Waals surface area contributed by atoms with Crippen molar-refractivity contribution in [2.45, 2.75) is 13.8 Å². The third-order valence-corrected chi connectivity index (χ3v) is 4.65. The SMILES string of the molecule is CCNC(=O)Nc1nc2ccc(C(=O)Nc3cc(N)ccc3C)cc2s1. The van der Waals surface area contributed by atoms with Crippen LogP contribution < -0.4 is 21.7 Å². The van der Waals surface area contributed by atoms with Gasteiger partial charge < -0.3 is 16.4 Å². The Morgan fingerprint density at radius 2 is 1.96 bits per heavy atom. The lowest BCUT2D eigenvalue weighted by Crippen LogP contribution is -2.28. The molecule has 3 rings (SSSR count). The van der Waals surface area contributed by atoms with Crippen LogP contribution in [-0.2, 0) is 0 Å². The van der Waals surface area contributed by atoms with Gasteiger partial charge in [-0.2, -0.15) is 0 Å². The number of urea groups is 1. The van der Waals surface area contributed by atoms with Gasteiger partial charge in [0.1, 0.15) is 0 Å². The molecule has 8 heteroatoms. The minimum absolute atomic E-state index is 0.229. The molecule has 0 spiro atoms. The third kappa shape index (κ3) is 3.92. The summed E-state index contributed by atoms with van der Waals surface area (Å²) in [5.74, 6) is -0.229. The monoisotopic (exact) mass is 369 g/mol. The molecule has 1 aromatic heterocycles. The number of fused-ring (bicyclic) bond motifs is 1. The fraction of sp³-hybridized carbons (Fsp3) is 0.167. The molecule has 0 aliphatic rings. The molecule has 0 bridgehead atoms. The molecule has 134 valence electrons. The molecule has 0 saturated heterocycles. The number of nitrogen functional groups attached to an aromatic ring is 1. The molecule has 0 aliphatic heterocycles. The Kier molecular flexibility index (Phi) is 5.04. The van der Waals surface area contributed by atoms with Gasteiger partial charge in [0.25, 0.3) is 5.91 Å². The predicted molar refractivity (Wildman–Crippen MR) is 106 cm³/mol. The highest BCUT2D eigenvalue weighted by molar-refractivity contribution is 7.22. The number of anilines is 3. The van der Waals surface area contributed by atoms with E-state index in [1.807, 2.05) is 19.9 Å². The fourth-order valence-corrected chi connectivity index (χ4v) is 3.29. The summed E-state index contributed by atoms with van der Waals surface area (Å²) in [5.41, 5.74) is 9.21. The molecule has 0 saturated carbocycles. The van der Waals surface area contributed by atoms with Gasteiger partial charge in [0.2, 0.25) is 0 Å². The van der Waals surface area contributed by atoms with Gasteiger partial charge in [-0.15, -0.1) is 0 Å². The van der Waals surface area contributed by atoms with Crippen molar-refractivity contribution in [2.24, 2.45) is 0 Å². The highest BCUT2D eigenvalue weighted by Gasteiger charge is 2.12. The first-order valence-corrected chi connectivity index (χ1v) is 8.91. The second kappa shape index (κ2) is 7.40. The third-order valence-electron chi connectivity index (χ3n) is 3.72. The highest BCUT2D eigenvalue weighted by Crippen LogP contribution is 2.27. The van der Waals surface area contributed by atoms with Crippen molar-refractivity contribution in [3.63, 3.8) is 0 Å². The quantitative estimate of drug-likeness (QED) is 0.527. The van der Waals surface area contributed by atoms with E-state index in [1.54, 1.807) is 30.3 Å². The molecule has 0 radical (unpaired) electrons. The van der Waals surface area contributed by atoms with E-state index in [1.165, 1.54) is 11.3 Å². The lowest BCUT2D eigenvalue weighted by atomic mass is 10.1. The minimum atomic E-state index is -0.304. The zero-order valence-corrected chi connectivity index (χ0v) is 15.2. The van der Waals surface area contributed by atoms with Crippen LogP contribution in [0.25, 0.3) is 10.2 Å². The van der Waals surface area contributed by atoms with Gasteiger partial charge >= 0.3 is 6.03 Å². The minimum Gasteiger partial charge on any atom is -0.399 e. The Bertz CT molecular complexity index is 983. The molecule has 3 aromatic rings. The Labute approximate surface area is 154 Å². The van der Waals surface area contributed by atoms with E-state index in [-0.39, 0.29) is 11.9 Å². The van der Waals surface area contributed by atoms with Gasteiger partial charge in [0.05, 0.1) is 10.2 Å². The number of carbonyl (C=O) groups excluding carboxylic acids is 2. The van der Waals surface area contributed by atoms with Crippen molar-refractivity contribution < 1.29 is 9.59 Å². The molecule has 3 amide bonds. The average Bonchev–Trinajstić information content (AvgIpc) is 2.99. The normalized spacial score (nSPS) is 10.5. The maximum Gasteiger partial charge on any atom is 0.321 e. The molecule has 0 atom stereocenters. The number of benzene rings is 2. The second-order valence-corrected chi connectivity index (χ2v) is 6.75. The zero-order chi connectivity index (χ0) is 18.7. The summed E-state index contributed by atoms with van der Waals surface area (Å²) in [7, 11) is 0. The summed E-state index contributed by atoms with van der Waals surface area (Å²) in [6, 6.07) is 10.3. The van der Waals surface area contributed by atoms with E-state index in [4.69, 9.17) is 5.73 Å². The molecule has 0 aliphatic carbocycles. The van der Waals surface area contributed by atoms with E-state index in [2.05, 4.69) is 20.9 Å². The lowest BCUT2D eigenvalue weighted by Gasteiger charge is -2.09. The van der Waals surface area contributed by atoms with E-state index in [9.17, 15) is 9.59 Å². The standard InChI is InChI=1S/C18H19N5O2S/c1-3-20-17(25)23-18-22-13-7-5-11(8-15(13)26-18)16(24)21-14-9-12(19)6-4-10(14)2/h4-9H,3,19H2,1-2H3,(H,21,24)(H2,20,22,23,25). The van der Waals surface area contributed by atoms with Crippen molar-refractivity contribution >= 4 is 50.0 Å². The first kappa shape index (κ1) is 17.7. The molecular formula is C18H19N5O2S. The Morgan fingerprint density at radius 3 is 2.73 bits per heavy atom. The van der Waals surface area contributed by atoms with Crippen LogP contribution in [0.5, 0.6) is 0 Å². The van der Waals surface area contributed by atoms with Crippen LogP contribution >= 0.6 is 11.3 Å². The van der Waals surface area contributed by atoms with E-state index in [0.717, 1.165) is 15.8 Å². The number of aromatic nitrogens is 1. The van der Waals surface area contributed by atoms with Crippen LogP contribution in [0, 0.1) is 6.92 Å². The second-order valence-electron chi connectivity index (χ2n) is 5.71. The number of nitrogens with two attached hydrogens (primary N) is 1. The first-order valence-electron chi connectivity index (χ1n) is 8.09. The molecule has 2 aromatic carbocycles. The fourth-order valence-electron chi connectivity index (χ4n) is 2.39. The number of rotatable bonds is 4. The largest absolute Gasteiger partial charge is 0.399 e. The smallest absolute Gasteiger partial charge is 0.321 e. The average molecular weight is 369 g/mol. The Balaban J connectivity index is 1.80. The number of nitrogens with zero attached hydrogens (tertiary/aromatic N) is 1. The molecular weight excluding hydrogens is 350 g/mol. The van der Waals surface area contributed by atoms with Crippen LogP contribution in [0.4, 0.5) is 21.3 Å². The number of aryl methyl sites for hydroxylation is 1. The van der Waals surface area contributed by atoms with Crippen molar-refractivity contribution in [1.82, 2.24) is 10.3 Å². The first-order chi connectivity index (χ1) is 12.5. The van der Waals surface area contributed by atoms with Gasteiger partial charge in [-0.3, -0.25) is 10.1 Å². The summed E-state index contributed by atoms with van der Waals surface area (Å²) in [6.45, 7) is 4.27. The molecule has 0 fully saturated rings. The van der Waals surface area contributed by atoms with Gasteiger partial charge in [0.15, 0.2) is 5.13 Å². The number of thiazole rings is 1. The lowest BCUT2D eigenvalue weighted by molar-refractivity contribution is 0.102. The van der Waals surface area contributed by atoms with Gasteiger partial charge in [-0.05, 0) is 49.7 Å². The molecule has 7 nitrogen and oxygen atoms in total. The summed E-state index contributed by atoms with van der Waals surface area (Å²) in [6.07, 6.45) is 0.